The van der Waals surface area contributed by atoms with Crippen LogP contribution in [0.4, 0.5) is 0 Å². The maximum atomic E-state index is 3.93. The van der Waals surface area contributed by atoms with Crippen LogP contribution in [0.25, 0.3) is 11.4 Å². The third-order valence-electron chi connectivity index (χ3n) is 2.35. The van der Waals surface area contributed by atoms with E-state index in [1.54, 1.807) is 0 Å². The third kappa shape index (κ3) is 2.03. The first kappa shape index (κ1) is 9.83. The second-order valence-electron chi connectivity index (χ2n) is 4.56. The van der Waals surface area contributed by atoms with E-state index in [9.17, 15) is 0 Å². The summed E-state index contributed by atoms with van der Waals surface area (Å²) >= 11 is 0. The van der Waals surface area contributed by atoms with E-state index in [1.165, 1.54) is 5.56 Å². The number of H-pyrrole nitrogens is 1. The summed E-state index contributed by atoms with van der Waals surface area (Å²) in [4.78, 5) is 0. The number of tetrazole rings is 1. The summed E-state index contributed by atoms with van der Waals surface area (Å²) in [7, 11) is 0. The Morgan fingerprint density at radius 2 is 1.73 bits per heavy atom. The maximum Gasteiger partial charge on any atom is 0.204 e. The molecule has 0 atom stereocenters. The minimum absolute atomic E-state index is 0.176. The highest BCUT2D eigenvalue weighted by atomic mass is 15.5. The van der Waals surface area contributed by atoms with E-state index in [-0.39, 0.29) is 5.41 Å². The normalized spacial score (nSPS) is 11.7. The molecule has 0 aliphatic rings. The number of rotatable bonds is 1. The molecular formula is C11H14N4. The van der Waals surface area contributed by atoms with Crippen LogP contribution in [0.1, 0.15) is 26.3 Å². The van der Waals surface area contributed by atoms with Crippen LogP contribution in [0.5, 0.6) is 0 Å². The Kier molecular flexibility index (Phi) is 2.26. The van der Waals surface area contributed by atoms with Crippen LogP contribution < -0.4 is 0 Å². The van der Waals surface area contributed by atoms with E-state index in [2.05, 4.69) is 53.5 Å². The van der Waals surface area contributed by atoms with Crippen molar-refractivity contribution in [2.75, 3.05) is 0 Å². The first-order chi connectivity index (χ1) is 7.07. The maximum absolute atomic E-state index is 3.93. The number of hydrogen-bond donors (Lipinski definition) is 1. The zero-order valence-corrected chi connectivity index (χ0v) is 9.15. The van der Waals surface area contributed by atoms with Crippen LogP contribution in [0.2, 0.25) is 0 Å². The van der Waals surface area contributed by atoms with E-state index in [1.807, 2.05) is 12.1 Å². The monoisotopic (exact) mass is 202 g/mol. The van der Waals surface area contributed by atoms with E-state index in [0.29, 0.717) is 5.82 Å². The second-order valence-corrected chi connectivity index (χ2v) is 4.56. The molecule has 0 saturated carbocycles. The topological polar surface area (TPSA) is 54.5 Å². The molecule has 78 valence electrons. The van der Waals surface area contributed by atoms with Crippen LogP contribution in [-0.2, 0) is 5.41 Å². The average molecular weight is 202 g/mol. The highest BCUT2D eigenvalue weighted by Gasteiger charge is 2.13. The smallest absolute Gasteiger partial charge is 0.177 e. The van der Waals surface area contributed by atoms with Crippen LogP contribution in [0.3, 0.4) is 0 Å². The van der Waals surface area contributed by atoms with Crippen molar-refractivity contribution in [2.24, 2.45) is 0 Å². The quantitative estimate of drug-likeness (QED) is 0.771. The molecule has 0 saturated heterocycles. The van der Waals surface area contributed by atoms with Gasteiger partial charge in [0, 0.05) is 5.56 Å². The first-order valence-electron chi connectivity index (χ1n) is 4.92. The summed E-state index contributed by atoms with van der Waals surface area (Å²) in [5.41, 5.74) is 2.46. The van der Waals surface area contributed by atoms with Crippen LogP contribution >= 0.6 is 0 Å². The number of nitrogens with zero attached hydrogens (tertiary/aromatic N) is 3. The summed E-state index contributed by atoms with van der Waals surface area (Å²) in [6, 6.07) is 8.24. The Bertz CT molecular complexity index is 423. The Morgan fingerprint density at radius 1 is 1.07 bits per heavy atom. The number of nitrogens with one attached hydrogen (secondary N) is 1. The van der Waals surface area contributed by atoms with Crippen molar-refractivity contribution in [3.8, 4) is 11.4 Å². The van der Waals surface area contributed by atoms with Gasteiger partial charge in [-0.3, -0.25) is 0 Å². The molecule has 2 aromatic rings. The zero-order valence-electron chi connectivity index (χ0n) is 9.15. The van der Waals surface area contributed by atoms with Gasteiger partial charge < -0.3 is 0 Å². The Hall–Kier alpha value is -1.71. The van der Waals surface area contributed by atoms with Crippen molar-refractivity contribution in [1.82, 2.24) is 20.6 Å². The molecule has 1 N–H and O–H groups in total. The molecule has 0 aliphatic heterocycles. The summed E-state index contributed by atoms with van der Waals surface area (Å²) < 4.78 is 0. The number of benzene rings is 1. The predicted molar refractivity (Wildman–Crippen MR) is 58.3 cm³/mol. The third-order valence-corrected chi connectivity index (χ3v) is 2.35. The van der Waals surface area contributed by atoms with Crippen molar-refractivity contribution in [1.29, 1.82) is 0 Å². The second kappa shape index (κ2) is 3.46. The van der Waals surface area contributed by atoms with Gasteiger partial charge in [-0.15, -0.1) is 10.2 Å². The van der Waals surface area contributed by atoms with E-state index in [0.717, 1.165) is 5.56 Å². The van der Waals surface area contributed by atoms with E-state index < -0.39 is 0 Å². The van der Waals surface area contributed by atoms with Gasteiger partial charge >= 0.3 is 0 Å². The van der Waals surface area contributed by atoms with Crippen molar-refractivity contribution in [2.45, 2.75) is 26.2 Å². The molecule has 0 bridgehead atoms. The minimum Gasteiger partial charge on any atom is -0.177 e. The SMILES string of the molecule is CC(C)(C)c1ccc(-c2nn[nH]n2)cc1. The molecule has 0 amide bonds. The lowest BCUT2D eigenvalue weighted by Gasteiger charge is -2.18. The van der Waals surface area contributed by atoms with Gasteiger partial charge in [0.05, 0.1) is 0 Å². The van der Waals surface area contributed by atoms with Gasteiger partial charge in [0.15, 0.2) is 0 Å². The Labute approximate surface area is 88.7 Å². The van der Waals surface area contributed by atoms with E-state index in [4.69, 9.17) is 0 Å². The molecular weight excluding hydrogens is 188 g/mol. The molecule has 0 spiro atoms. The molecule has 1 aromatic carbocycles. The first-order valence-corrected chi connectivity index (χ1v) is 4.92. The molecule has 15 heavy (non-hydrogen) atoms. The van der Waals surface area contributed by atoms with Gasteiger partial charge in [-0.05, 0) is 16.2 Å². The fraction of sp³-hybridized carbons (Fsp3) is 0.364. The van der Waals surface area contributed by atoms with Crippen LogP contribution in [-0.4, -0.2) is 20.6 Å². The summed E-state index contributed by atoms with van der Waals surface area (Å²) in [6.45, 7) is 6.57. The zero-order chi connectivity index (χ0) is 10.9. The van der Waals surface area contributed by atoms with Crippen molar-refractivity contribution < 1.29 is 0 Å². The van der Waals surface area contributed by atoms with Crippen molar-refractivity contribution in [3.63, 3.8) is 0 Å². The highest BCUT2D eigenvalue weighted by molar-refractivity contribution is 5.54. The molecule has 0 aliphatic carbocycles. The largest absolute Gasteiger partial charge is 0.204 e. The van der Waals surface area contributed by atoms with Gasteiger partial charge in [0.25, 0.3) is 0 Å². The van der Waals surface area contributed by atoms with Crippen molar-refractivity contribution in [3.05, 3.63) is 29.8 Å². The van der Waals surface area contributed by atoms with Crippen molar-refractivity contribution >= 4 is 0 Å². The van der Waals surface area contributed by atoms with Gasteiger partial charge in [0.1, 0.15) is 0 Å². The molecule has 0 fully saturated rings. The lowest BCUT2D eigenvalue weighted by molar-refractivity contribution is 0.590. The molecule has 1 heterocycles. The molecule has 4 heteroatoms. The van der Waals surface area contributed by atoms with Gasteiger partial charge in [-0.2, -0.15) is 5.21 Å². The number of hydrogen-bond acceptors (Lipinski definition) is 3. The molecule has 2 rings (SSSR count). The fourth-order valence-corrected chi connectivity index (χ4v) is 1.40. The lowest BCUT2D eigenvalue weighted by Crippen LogP contribution is -2.10. The van der Waals surface area contributed by atoms with Gasteiger partial charge in [-0.25, -0.2) is 0 Å². The molecule has 0 radical (unpaired) electrons. The summed E-state index contributed by atoms with van der Waals surface area (Å²) in [6.07, 6.45) is 0. The number of aromatic nitrogens is 4. The summed E-state index contributed by atoms with van der Waals surface area (Å²) in [5, 5.41) is 13.8. The summed E-state index contributed by atoms with van der Waals surface area (Å²) in [5.74, 6) is 0.635. The number of aromatic amines is 1. The Balaban J connectivity index is 2.33. The average Bonchev–Trinajstić information content (AvgIpc) is 2.69. The lowest BCUT2D eigenvalue weighted by atomic mass is 9.87. The van der Waals surface area contributed by atoms with Crippen LogP contribution in [0, 0.1) is 0 Å². The fourth-order valence-electron chi connectivity index (χ4n) is 1.40. The standard InChI is InChI=1S/C11H14N4/c1-11(2,3)9-6-4-8(5-7-9)10-12-14-15-13-10/h4-7H,1-3H3,(H,12,13,14,15). The molecule has 0 unspecified atom stereocenters. The Morgan fingerprint density at radius 3 is 2.20 bits per heavy atom. The van der Waals surface area contributed by atoms with Crippen LogP contribution in [0.15, 0.2) is 24.3 Å². The predicted octanol–water partition coefficient (Wildman–Crippen LogP) is 2.16. The molecule has 4 nitrogen and oxygen atoms in total. The molecule has 1 aromatic heterocycles. The van der Waals surface area contributed by atoms with Gasteiger partial charge in [-0.1, -0.05) is 45.0 Å². The van der Waals surface area contributed by atoms with E-state index >= 15 is 0 Å². The highest BCUT2D eigenvalue weighted by Crippen LogP contribution is 2.24. The van der Waals surface area contributed by atoms with Gasteiger partial charge in [0.2, 0.25) is 5.82 Å². The minimum atomic E-state index is 0.176.